The summed E-state index contributed by atoms with van der Waals surface area (Å²) >= 11 is 0. The highest BCUT2D eigenvalue weighted by molar-refractivity contribution is 7.88. The maximum atomic E-state index is 12.6. The largest absolute Gasteiger partial charge is 0.494 e. The van der Waals surface area contributed by atoms with E-state index in [4.69, 9.17) is 9.47 Å². The highest BCUT2D eigenvalue weighted by atomic mass is 32.2. The van der Waals surface area contributed by atoms with Gasteiger partial charge in [-0.3, -0.25) is 5.32 Å². The molecule has 2 rings (SSSR count). The molecule has 1 aliphatic heterocycles. The van der Waals surface area contributed by atoms with Crippen molar-refractivity contribution in [1.29, 1.82) is 0 Å². The number of nitrogens with zero attached hydrogens (tertiary/aromatic N) is 1. The van der Waals surface area contributed by atoms with E-state index in [0.29, 0.717) is 36.5 Å². The lowest BCUT2D eigenvalue weighted by Gasteiger charge is -2.32. The normalized spacial score (nSPS) is 17.2. The summed E-state index contributed by atoms with van der Waals surface area (Å²) in [7, 11) is -1.89. The number of piperidine rings is 1. The second-order valence-electron chi connectivity index (χ2n) is 8.15. The topological polar surface area (TPSA) is 126 Å². The average molecular weight is 443 g/mol. The minimum atomic E-state index is -3.34. The monoisotopic (exact) mass is 442 g/mol. The summed E-state index contributed by atoms with van der Waals surface area (Å²) in [5.74, 6) is 0.355. The second-order valence-corrected chi connectivity index (χ2v) is 9.93. The zero-order valence-electron chi connectivity index (χ0n) is 17.9. The van der Waals surface area contributed by atoms with Gasteiger partial charge < -0.3 is 19.7 Å². The van der Waals surface area contributed by atoms with E-state index >= 15 is 0 Å². The van der Waals surface area contributed by atoms with Crippen molar-refractivity contribution < 1.29 is 27.5 Å². The van der Waals surface area contributed by atoms with Gasteiger partial charge in [0.2, 0.25) is 10.0 Å². The van der Waals surface area contributed by atoms with Crippen molar-refractivity contribution in [3.05, 3.63) is 18.2 Å². The number of benzene rings is 1. The van der Waals surface area contributed by atoms with Crippen molar-refractivity contribution >= 4 is 33.5 Å². The lowest BCUT2D eigenvalue weighted by Crippen LogP contribution is -2.50. The number of ether oxygens (including phenoxy) is 2. The molecule has 0 aliphatic carbocycles. The first kappa shape index (κ1) is 23.7. The Kier molecular flexibility index (Phi) is 7.54. The lowest BCUT2D eigenvalue weighted by molar-refractivity contribution is 0.0635. The molecule has 0 saturated carbocycles. The number of rotatable bonds is 5. The Morgan fingerprint density at radius 3 is 2.50 bits per heavy atom. The zero-order valence-corrected chi connectivity index (χ0v) is 18.8. The number of carbonyl (C=O) groups is 2. The predicted octanol–water partition coefficient (Wildman–Crippen LogP) is 2.59. The fraction of sp³-hybridized carbons (Fsp3) is 0.579. The summed E-state index contributed by atoms with van der Waals surface area (Å²) in [4.78, 5) is 26.1. The van der Waals surface area contributed by atoms with Crippen LogP contribution in [0.15, 0.2) is 18.2 Å². The smallest absolute Gasteiger partial charge is 0.412 e. The van der Waals surface area contributed by atoms with Crippen LogP contribution in [0, 0.1) is 0 Å². The minimum absolute atomic E-state index is 0.286. The molecule has 0 spiro atoms. The molecule has 1 saturated heterocycles. The van der Waals surface area contributed by atoms with Crippen LogP contribution in [0.3, 0.4) is 0 Å². The summed E-state index contributed by atoms with van der Waals surface area (Å²) in [6.07, 6.45) is 1.86. The van der Waals surface area contributed by atoms with E-state index in [9.17, 15) is 18.0 Å². The SMILES string of the molecule is COc1cc(NC(=O)N2CCCC(NS(C)(=O)=O)C2)ccc1NC(=O)OC(C)(C)C. The van der Waals surface area contributed by atoms with Crippen molar-refractivity contribution in [2.45, 2.75) is 45.3 Å². The maximum Gasteiger partial charge on any atom is 0.412 e. The van der Waals surface area contributed by atoms with Crippen LogP contribution in [0.1, 0.15) is 33.6 Å². The molecule has 11 heteroatoms. The number of hydrogen-bond donors (Lipinski definition) is 3. The van der Waals surface area contributed by atoms with Crippen LogP contribution in [0.4, 0.5) is 21.0 Å². The van der Waals surface area contributed by atoms with Gasteiger partial charge in [-0.15, -0.1) is 0 Å². The number of methoxy groups -OCH3 is 1. The summed E-state index contributed by atoms with van der Waals surface area (Å²) in [5, 5.41) is 5.39. The Hall–Kier alpha value is -2.53. The molecule has 168 valence electrons. The van der Waals surface area contributed by atoms with Gasteiger partial charge in [-0.2, -0.15) is 0 Å². The number of carbonyl (C=O) groups excluding carboxylic acids is 2. The van der Waals surface area contributed by atoms with Gasteiger partial charge in [0, 0.05) is 30.9 Å². The molecular weight excluding hydrogens is 412 g/mol. The third kappa shape index (κ3) is 7.71. The van der Waals surface area contributed by atoms with Gasteiger partial charge in [-0.25, -0.2) is 22.7 Å². The highest BCUT2D eigenvalue weighted by Crippen LogP contribution is 2.29. The van der Waals surface area contributed by atoms with Crippen molar-refractivity contribution in [2.75, 3.05) is 37.1 Å². The molecule has 1 atom stereocenters. The molecule has 0 aromatic heterocycles. The van der Waals surface area contributed by atoms with Crippen molar-refractivity contribution in [1.82, 2.24) is 9.62 Å². The van der Waals surface area contributed by atoms with E-state index in [-0.39, 0.29) is 18.6 Å². The molecule has 1 heterocycles. The molecule has 1 aromatic rings. The summed E-state index contributed by atoms with van der Waals surface area (Å²) < 4.78 is 36.0. The predicted molar refractivity (Wildman–Crippen MR) is 114 cm³/mol. The third-order valence-electron chi connectivity index (χ3n) is 4.18. The summed E-state index contributed by atoms with van der Waals surface area (Å²) in [6.45, 7) is 6.11. The third-order valence-corrected chi connectivity index (χ3v) is 4.94. The first-order chi connectivity index (χ1) is 13.9. The molecule has 1 unspecified atom stereocenters. The molecule has 1 fully saturated rings. The standard InChI is InChI=1S/C19H30N4O6S/c1-19(2,3)29-18(25)21-15-9-8-13(11-16(15)28-4)20-17(24)23-10-6-7-14(12-23)22-30(5,26)27/h8-9,11,14,22H,6-7,10,12H2,1-5H3,(H,20,24)(H,21,25). The average Bonchev–Trinajstić information content (AvgIpc) is 2.60. The van der Waals surface area contributed by atoms with Crippen LogP contribution >= 0.6 is 0 Å². The molecule has 0 bridgehead atoms. The Bertz CT molecular complexity index is 882. The number of sulfonamides is 1. The molecule has 1 aliphatic rings. The fourth-order valence-electron chi connectivity index (χ4n) is 3.05. The van der Waals surface area contributed by atoms with Gasteiger partial charge in [0.15, 0.2) is 0 Å². The van der Waals surface area contributed by atoms with E-state index < -0.39 is 21.7 Å². The van der Waals surface area contributed by atoms with Crippen LogP contribution in [-0.2, 0) is 14.8 Å². The number of amides is 3. The molecular formula is C19H30N4O6S. The van der Waals surface area contributed by atoms with Gasteiger partial charge in [0.25, 0.3) is 0 Å². The number of urea groups is 1. The summed E-state index contributed by atoms with van der Waals surface area (Å²) in [5.41, 5.74) is 0.244. The van der Waals surface area contributed by atoms with Gasteiger partial charge >= 0.3 is 12.1 Å². The van der Waals surface area contributed by atoms with Crippen LogP contribution in [-0.4, -0.2) is 63.5 Å². The van der Waals surface area contributed by atoms with Gasteiger partial charge in [-0.1, -0.05) is 0 Å². The second kappa shape index (κ2) is 9.52. The first-order valence-corrected chi connectivity index (χ1v) is 11.5. The van der Waals surface area contributed by atoms with Crippen molar-refractivity contribution in [3.63, 3.8) is 0 Å². The van der Waals surface area contributed by atoms with Gasteiger partial charge in [-0.05, 0) is 45.7 Å². The number of hydrogen-bond acceptors (Lipinski definition) is 6. The first-order valence-electron chi connectivity index (χ1n) is 9.57. The van der Waals surface area contributed by atoms with Crippen LogP contribution < -0.4 is 20.1 Å². The van der Waals surface area contributed by atoms with Gasteiger partial charge in [0.1, 0.15) is 11.4 Å². The highest BCUT2D eigenvalue weighted by Gasteiger charge is 2.26. The van der Waals surface area contributed by atoms with Gasteiger partial charge in [0.05, 0.1) is 19.1 Å². The van der Waals surface area contributed by atoms with E-state index in [2.05, 4.69) is 15.4 Å². The van der Waals surface area contributed by atoms with Crippen LogP contribution in [0.25, 0.3) is 0 Å². The summed E-state index contributed by atoms with van der Waals surface area (Å²) in [6, 6.07) is 4.16. The molecule has 3 N–H and O–H groups in total. The molecule has 1 aromatic carbocycles. The van der Waals surface area contributed by atoms with E-state index in [1.54, 1.807) is 43.9 Å². The quantitative estimate of drug-likeness (QED) is 0.643. The molecule has 3 amide bonds. The molecule has 30 heavy (non-hydrogen) atoms. The number of anilines is 2. The zero-order chi connectivity index (χ0) is 22.5. The van der Waals surface area contributed by atoms with Crippen molar-refractivity contribution in [2.24, 2.45) is 0 Å². The Morgan fingerprint density at radius 2 is 1.90 bits per heavy atom. The maximum absolute atomic E-state index is 12.6. The Labute approximate surface area is 177 Å². The lowest BCUT2D eigenvalue weighted by atomic mass is 10.1. The van der Waals surface area contributed by atoms with E-state index in [1.807, 2.05) is 0 Å². The fourth-order valence-corrected chi connectivity index (χ4v) is 3.85. The van der Waals surface area contributed by atoms with Crippen molar-refractivity contribution in [3.8, 4) is 5.75 Å². The Morgan fingerprint density at radius 1 is 1.20 bits per heavy atom. The van der Waals surface area contributed by atoms with E-state index in [1.165, 1.54) is 7.11 Å². The number of nitrogens with one attached hydrogen (secondary N) is 3. The van der Waals surface area contributed by atoms with Crippen LogP contribution in [0.2, 0.25) is 0 Å². The minimum Gasteiger partial charge on any atom is -0.494 e. The number of likely N-dealkylation sites (tertiary alicyclic amines) is 1. The molecule has 10 nitrogen and oxygen atoms in total. The Balaban J connectivity index is 2.02. The van der Waals surface area contributed by atoms with Crippen LogP contribution in [0.5, 0.6) is 5.75 Å². The van der Waals surface area contributed by atoms with E-state index in [0.717, 1.165) is 6.26 Å². The molecule has 0 radical (unpaired) electrons.